The zero-order valence-corrected chi connectivity index (χ0v) is 13.5. The first kappa shape index (κ1) is 16.4. The van der Waals surface area contributed by atoms with Crippen molar-refractivity contribution in [3.63, 3.8) is 0 Å². The van der Waals surface area contributed by atoms with Gasteiger partial charge in [-0.3, -0.25) is 0 Å². The van der Waals surface area contributed by atoms with Crippen LogP contribution in [0.5, 0.6) is 0 Å². The van der Waals surface area contributed by atoms with Crippen LogP contribution in [0.25, 0.3) is 0 Å². The monoisotopic (exact) mass is 294 g/mol. The molecule has 1 saturated carbocycles. The maximum atomic E-state index is 12.9. The zero-order chi connectivity index (χ0) is 15.7. The van der Waals surface area contributed by atoms with Crippen LogP contribution in [-0.4, -0.2) is 36.7 Å². The molecule has 0 heterocycles. The van der Waals surface area contributed by atoms with Crippen molar-refractivity contribution < 1.29 is 9.13 Å². The molecule has 2 N–H and O–H groups in total. The number of rotatable bonds is 6. The first-order valence-corrected chi connectivity index (χ1v) is 7.62. The molecule has 2 atom stereocenters. The van der Waals surface area contributed by atoms with Crippen molar-refractivity contribution in [3.05, 3.63) is 35.6 Å². The zero-order valence-electron chi connectivity index (χ0n) is 13.5. The molecule has 0 bridgehead atoms. The maximum absolute atomic E-state index is 12.9. The van der Waals surface area contributed by atoms with E-state index in [1.165, 1.54) is 12.1 Å². The van der Waals surface area contributed by atoms with Crippen molar-refractivity contribution >= 4 is 0 Å². The highest BCUT2D eigenvalue weighted by Gasteiger charge is 2.58. The predicted octanol–water partition coefficient (Wildman–Crippen LogP) is 2.79. The molecular formula is C17H27FN2O. The summed E-state index contributed by atoms with van der Waals surface area (Å²) in [6, 6.07) is 6.65. The Morgan fingerprint density at radius 1 is 1.33 bits per heavy atom. The molecule has 0 amide bonds. The number of benzene rings is 1. The Morgan fingerprint density at radius 2 is 1.95 bits per heavy atom. The Labute approximate surface area is 127 Å². The van der Waals surface area contributed by atoms with Gasteiger partial charge in [0.05, 0.1) is 6.10 Å². The minimum atomic E-state index is -0.235. The molecule has 0 radical (unpaired) electrons. The van der Waals surface area contributed by atoms with E-state index in [1.807, 2.05) is 19.1 Å². The molecular weight excluding hydrogens is 267 g/mol. The predicted molar refractivity (Wildman–Crippen MR) is 83.5 cm³/mol. The molecule has 0 aliphatic heterocycles. The first-order valence-electron chi connectivity index (χ1n) is 7.62. The van der Waals surface area contributed by atoms with Crippen LogP contribution in [-0.2, 0) is 11.3 Å². The average molecular weight is 294 g/mol. The summed E-state index contributed by atoms with van der Waals surface area (Å²) in [5, 5.41) is 0. The van der Waals surface area contributed by atoms with Gasteiger partial charge in [0.25, 0.3) is 0 Å². The Bertz CT molecular complexity index is 474. The van der Waals surface area contributed by atoms with Gasteiger partial charge in [0, 0.05) is 30.7 Å². The van der Waals surface area contributed by atoms with E-state index in [0.717, 1.165) is 31.7 Å². The molecule has 118 valence electrons. The molecule has 0 spiro atoms. The van der Waals surface area contributed by atoms with E-state index in [9.17, 15) is 4.39 Å². The third-order valence-electron chi connectivity index (χ3n) is 4.92. The molecule has 2 rings (SSSR count). The number of halogens is 1. The summed E-state index contributed by atoms with van der Waals surface area (Å²) in [6.45, 7) is 8.70. The standard InChI is InChI=1S/C17H27FN2O/c1-5-21-15-10-17(19,16(15,2)3)12-20(4)11-13-6-8-14(18)9-7-13/h6-9,15H,5,10-12,19H2,1-4H3. The molecule has 1 aromatic carbocycles. The van der Waals surface area contributed by atoms with E-state index in [4.69, 9.17) is 10.5 Å². The van der Waals surface area contributed by atoms with Crippen LogP contribution in [0.3, 0.4) is 0 Å². The highest BCUT2D eigenvalue weighted by molar-refractivity contribution is 5.17. The van der Waals surface area contributed by atoms with Gasteiger partial charge >= 0.3 is 0 Å². The fourth-order valence-corrected chi connectivity index (χ4v) is 3.21. The summed E-state index contributed by atoms with van der Waals surface area (Å²) in [5.41, 5.74) is 7.43. The number of nitrogens with two attached hydrogens (primary N) is 1. The van der Waals surface area contributed by atoms with Crippen molar-refractivity contribution in [3.8, 4) is 0 Å². The van der Waals surface area contributed by atoms with Crippen molar-refractivity contribution in [2.75, 3.05) is 20.2 Å². The lowest BCUT2D eigenvalue weighted by Gasteiger charge is -2.60. The summed E-state index contributed by atoms with van der Waals surface area (Å²) in [7, 11) is 2.06. The lowest BCUT2D eigenvalue weighted by Crippen LogP contribution is -2.73. The van der Waals surface area contributed by atoms with E-state index in [0.29, 0.717) is 0 Å². The van der Waals surface area contributed by atoms with Crippen LogP contribution in [0, 0.1) is 11.2 Å². The van der Waals surface area contributed by atoms with Gasteiger partial charge < -0.3 is 15.4 Å². The van der Waals surface area contributed by atoms with Gasteiger partial charge in [-0.15, -0.1) is 0 Å². The minimum Gasteiger partial charge on any atom is -0.378 e. The quantitative estimate of drug-likeness (QED) is 0.877. The van der Waals surface area contributed by atoms with E-state index < -0.39 is 0 Å². The molecule has 1 fully saturated rings. The van der Waals surface area contributed by atoms with Crippen molar-refractivity contribution in [1.82, 2.24) is 4.90 Å². The highest BCUT2D eigenvalue weighted by atomic mass is 19.1. The molecule has 4 heteroatoms. The van der Waals surface area contributed by atoms with Gasteiger partial charge in [0.15, 0.2) is 0 Å². The second kappa shape index (κ2) is 6.03. The minimum absolute atomic E-state index is 0.0277. The fraction of sp³-hybridized carbons (Fsp3) is 0.647. The van der Waals surface area contributed by atoms with E-state index >= 15 is 0 Å². The Morgan fingerprint density at radius 3 is 2.48 bits per heavy atom. The van der Waals surface area contributed by atoms with Crippen molar-refractivity contribution in [1.29, 1.82) is 0 Å². The smallest absolute Gasteiger partial charge is 0.123 e. The molecule has 21 heavy (non-hydrogen) atoms. The van der Waals surface area contributed by atoms with Gasteiger partial charge in [-0.05, 0) is 38.1 Å². The second-order valence-corrected chi connectivity index (χ2v) is 6.82. The molecule has 1 aliphatic rings. The highest BCUT2D eigenvalue weighted by Crippen LogP contribution is 2.50. The van der Waals surface area contributed by atoms with Crippen molar-refractivity contribution in [2.45, 2.75) is 45.4 Å². The average Bonchev–Trinajstić information content (AvgIpc) is 2.41. The molecule has 0 saturated heterocycles. The van der Waals surface area contributed by atoms with E-state index in [2.05, 4.69) is 25.8 Å². The van der Waals surface area contributed by atoms with E-state index in [-0.39, 0.29) is 22.9 Å². The number of hydrogen-bond acceptors (Lipinski definition) is 3. The first-order chi connectivity index (χ1) is 9.78. The molecule has 3 nitrogen and oxygen atoms in total. The van der Waals surface area contributed by atoms with Gasteiger partial charge in [-0.25, -0.2) is 4.39 Å². The number of likely N-dealkylation sites (N-methyl/N-ethyl adjacent to an activating group) is 1. The Hall–Kier alpha value is -0.970. The number of hydrogen-bond donors (Lipinski definition) is 1. The summed E-state index contributed by atoms with van der Waals surface area (Å²) < 4.78 is 18.7. The van der Waals surface area contributed by atoms with Crippen LogP contribution >= 0.6 is 0 Å². The summed E-state index contributed by atoms with van der Waals surface area (Å²) in [6.07, 6.45) is 1.13. The molecule has 1 aromatic rings. The van der Waals surface area contributed by atoms with E-state index in [1.54, 1.807) is 0 Å². The molecule has 2 unspecified atom stereocenters. The third-order valence-corrected chi connectivity index (χ3v) is 4.92. The molecule has 1 aliphatic carbocycles. The summed E-state index contributed by atoms with van der Waals surface area (Å²) in [4.78, 5) is 2.21. The van der Waals surface area contributed by atoms with Gasteiger partial charge in [-0.2, -0.15) is 0 Å². The largest absolute Gasteiger partial charge is 0.378 e. The lowest BCUT2D eigenvalue weighted by atomic mass is 9.54. The fourth-order valence-electron chi connectivity index (χ4n) is 3.21. The number of ether oxygens (including phenoxy) is 1. The molecule has 0 aromatic heterocycles. The van der Waals surface area contributed by atoms with Gasteiger partial charge in [0.1, 0.15) is 5.82 Å². The Balaban J connectivity index is 1.93. The van der Waals surface area contributed by atoms with Crippen LogP contribution < -0.4 is 5.73 Å². The van der Waals surface area contributed by atoms with Crippen LogP contribution in [0.15, 0.2) is 24.3 Å². The third kappa shape index (κ3) is 3.28. The van der Waals surface area contributed by atoms with Crippen LogP contribution in [0.2, 0.25) is 0 Å². The van der Waals surface area contributed by atoms with Crippen LogP contribution in [0.1, 0.15) is 32.8 Å². The summed E-state index contributed by atoms with van der Waals surface area (Å²) >= 11 is 0. The Kier molecular flexibility index (Phi) is 4.71. The number of nitrogens with zero attached hydrogens (tertiary/aromatic N) is 1. The summed E-state index contributed by atoms with van der Waals surface area (Å²) in [5.74, 6) is -0.198. The SMILES string of the molecule is CCOC1CC(N)(CN(C)Cc2ccc(F)cc2)C1(C)C. The van der Waals surface area contributed by atoms with Crippen molar-refractivity contribution in [2.24, 2.45) is 11.1 Å². The normalized spacial score (nSPS) is 27.7. The van der Waals surface area contributed by atoms with Crippen LogP contribution in [0.4, 0.5) is 4.39 Å². The second-order valence-electron chi connectivity index (χ2n) is 6.82. The topological polar surface area (TPSA) is 38.5 Å². The van der Waals surface area contributed by atoms with Gasteiger partial charge in [0.2, 0.25) is 0 Å². The van der Waals surface area contributed by atoms with Gasteiger partial charge in [-0.1, -0.05) is 26.0 Å². The maximum Gasteiger partial charge on any atom is 0.123 e. The lowest BCUT2D eigenvalue weighted by molar-refractivity contribution is -0.155.